The van der Waals surface area contributed by atoms with Crippen LogP contribution in [0.25, 0.3) is 0 Å². The molecule has 0 aliphatic carbocycles. The van der Waals surface area contributed by atoms with Crippen molar-refractivity contribution in [3.05, 3.63) is 47.0 Å². The van der Waals surface area contributed by atoms with Crippen molar-refractivity contribution in [3.63, 3.8) is 0 Å². The molecule has 2 atom stereocenters. The molecule has 0 N–H and O–H groups in total. The van der Waals surface area contributed by atoms with Crippen LogP contribution in [0.4, 0.5) is 0 Å². The average molecular weight is 342 g/mol. The highest BCUT2D eigenvalue weighted by molar-refractivity contribution is 7.07. The number of rotatable bonds is 3. The molecule has 3 heterocycles. The molecule has 0 spiro atoms. The van der Waals surface area contributed by atoms with E-state index in [1.807, 2.05) is 4.90 Å². The van der Waals surface area contributed by atoms with E-state index in [0.29, 0.717) is 16.8 Å². The lowest BCUT2D eigenvalue weighted by Crippen LogP contribution is -2.54. The monoisotopic (exact) mass is 342 g/mol. The van der Waals surface area contributed by atoms with Gasteiger partial charge in [-0.25, -0.2) is 0 Å². The van der Waals surface area contributed by atoms with Crippen LogP contribution in [0.1, 0.15) is 34.5 Å². The van der Waals surface area contributed by atoms with Crippen molar-refractivity contribution in [3.8, 4) is 0 Å². The van der Waals surface area contributed by atoms with Crippen LogP contribution in [-0.4, -0.2) is 51.0 Å². The predicted molar refractivity (Wildman–Crippen MR) is 93.8 cm³/mol. The topological polar surface area (TPSA) is 49.3 Å². The number of likely N-dealkylation sites (tertiary alicyclic amines) is 2. The molecule has 0 unspecified atom stereocenters. The van der Waals surface area contributed by atoms with Crippen LogP contribution in [0.5, 0.6) is 0 Å². The van der Waals surface area contributed by atoms with Crippen LogP contribution in [0.15, 0.2) is 36.5 Å². The Morgan fingerprint density at radius 3 is 2.88 bits per heavy atom. The Morgan fingerprint density at radius 1 is 1.21 bits per heavy atom. The van der Waals surface area contributed by atoms with Crippen LogP contribution in [-0.2, 0) is 6.54 Å². The minimum absolute atomic E-state index is 0.101. The Morgan fingerprint density at radius 2 is 2.08 bits per heavy atom. The van der Waals surface area contributed by atoms with E-state index in [0.717, 1.165) is 26.1 Å². The summed E-state index contributed by atoms with van der Waals surface area (Å²) in [5.74, 6) is 0.685. The summed E-state index contributed by atoms with van der Waals surface area (Å²) < 4.78 is 3.81. The lowest BCUT2D eigenvalue weighted by Gasteiger charge is -2.47. The van der Waals surface area contributed by atoms with Crippen molar-refractivity contribution in [1.82, 2.24) is 19.4 Å². The average Bonchev–Trinajstić information content (AvgIpc) is 3.16. The maximum atomic E-state index is 12.6. The van der Waals surface area contributed by atoms with E-state index in [1.165, 1.54) is 36.5 Å². The van der Waals surface area contributed by atoms with Crippen LogP contribution in [0, 0.1) is 5.92 Å². The summed E-state index contributed by atoms with van der Waals surface area (Å²) in [6.45, 7) is 3.90. The number of hydrogen-bond donors (Lipinski definition) is 0. The molecule has 2 fully saturated rings. The second-order valence-corrected chi connectivity index (χ2v) is 7.53. The van der Waals surface area contributed by atoms with Gasteiger partial charge in [0.15, 0.2) is 0 Å². The fourth-order valence-corrected chi connectivity index (χ4v) is 4.61. The first kappa shape index (κ1) is 15.7. The first-order valence-corrected chi connectivity index (χ1v) is 9.43. The molecule has 2 aliphatic heterocycles. The molecule has 6 heteroatoms. The van der Waals surface area contributed by atoms with Gasteiger partial charge in [0, 0.05) is 25.7 Å². The van der Waals surface area contributed by atoms with E-state index >= 15 is 0 Å². The van der Waals surface area contributed by atoms with Gasteiger partial charge in [-0.2, -0.15) is 0 Å². The number of carbonyl (C=O) groups is 1. The van der Waals surface area contributed by atoms with E-state index in [-0.39, 0.29) is 5.91 Å². The van der Waals surface area contributed by atoms with Gasteiger partial charge in [0.2, 0.25) is 0 Å². The van der Waals surface area contributed by atoms with Crippen molar-refractivity contribution >= 4 is 17.4 Å². The molecule has 0 saturated carbocycles. The molecule has 0 radical (unpaired) electrons. The van der Waals surface area contributed by atoms with Gasteiger partial charge in [0.25, 0.3) is 5.91 Å². The highest BCUT2D eigenvalue weighted by Gasteiger charge is 2.37. The minimum Gasteiger partial charge on any atom is -0.337 e. The molecule has 2 aliphatic rings. The lowest BCUT2D eigenvalue weighted by molar-refractivity contribution is 0.0177. The van der Waals surface area contributed by atoms with Gasteiger partial charge in [-0.05, 0) is 48.8 Å². The third kappa shape index (κ3) is 3.21. The molecule has 2 saturated heterocycles. The Hall–Kier alpha value is -1.79. The van der Waals surface area contributed by atoms with Gasteiger partial charge in [0.05, 0.1) is 6.20 Å². The number of carbonyl (C=O) groups excluding carboxylic acids is 1. The van der Waals surface area contributed by atoms with Gasteiger partial charge in [0.1, 0.15) is 4.88 Å². The van der Waals surface area contributed by atoms with Crippen molar-refractivity contribution < 1.29 is 4.79 Å². The van der Waals surface area contributed by atoms with E-state index < -0.39 is 0 Å². The number of aromatic nitrogens is 2. The number of nitrogens with zero attached hydrogens (tertiary/aromatic N) is 4. The van der Waals surface area contributed by atoms with Gasteiger partial charge in [-0.15, -0.1) is 5.10 Å². The fraction of sp³-hybridized carbons (Fsp3) is 0.500. The summed E-state index contributed by atoms with van der Waals surface area (Å²) in [7, 11) is 0. The maximum absolute atomic E-state index is 12.6. The molecule has 24 heavy (non-hydrogen) atoms. The Labute approximate surface area is 146 Å². The highest BCUT2D eigenvalue weighted by Crippen LogP contribution is 2.32. The molecule has 4 rings (SSSR count). The van der Waals surface area contributed by atoms with E-state index in [4.69, 9.17) is 0 Å². The van der Waals surface area contributed by atoms with E-state index in [9.17, 15) is 4.79 Å². The van der Waals surface area contributed by atoms with Crippen molar-refractivity contribution in [1.29, 1.82) is 0 Å². The zero-order chi connectivity index (χ0) is 16.4. The van der Waals surface area contributed by atoms with Crippen LogP contribution >= 0.6 is 11.5 Å². The second-order valence-electron chi connectivity index (χ2n) is 6.75. The number of hydrogen-bond acceptors (Lipinski definition) is 5. The number of amides is 1. The summed E-state index contributed by atoms with van der Waals surface area (Å²) >= 11 is 1.19. The summed E-state index contributed by atoms with van der Waals surface area (Å²) in [5, 5.41) is 3.79. The van der Waals surface area contributed by atoms with Crippen LogP contribution < -0.4 is 0 Å². The Kier molecular flexibility index (Phi) is 4.58. The first-order chi connectivity index (χ1) is 11.8. The van der Waals surface area contributed by atoms with Gasteiger partial charge in [-0.3, -0.25) is 9.69 Å². The molecule has 126 valence electrons. The maximum Gasteiger partial charge on any atom is 0.267 e. The molecule has 1 amide bonds. The van der Waals surface area contributed by atoms with Gasteiger partial charge >= 0.3 is 0 Å². The quantitative estimate of drug-likeness (QED) is 0.860. The second kappa shape index (κ2) is 6.99. The Balaban J connectivity index is 1.42. The predicted octanol–water partition coefficient (Wildman–Crippen LogP) is 2.66. The van der Waals surface area contributed by atoms with E-state index in [1.54, 1.807) is 6.20 Å². The number of piperidine rings is 2. The zero-order valence-electron chi connectivity index (χ0n) is 13.7. The fourth-order valence-electron chi connectivity index (χ4n) is 4.12. The summed E-state index contributed by atoms with van der Waals surface area (Å²) in [6, 6.07) is 11.3. The van der Waals surface area contributed by atoms with Crippen molar-refractivity contribution in [2.24, 2.45) is 5.92 Å². The SMILES string of the molecule is O=C(c1cnns1)N1CC[C@@H]2[C@H](CCCN2Cc2ccccc2)C1. The van der Waals surface area contributed by atoms with Gasteiger partial charge in [-0.1, -0.05) is 34.8 Å². The van der Waals surface area contributed by atoms with Crippen LogP contribution in [0.3, 0.4) is 0 Å². The molecule has 5 nitrogen and oxygen atoms in total. The van der Waals surface area contributed by atoms with Gasteiger partial charge < -0.3 is 4.90 Å². The zero-order valence-corrected chi connectivity index (χ0v) is 14.5. The van der Waals surface area contributed by atoms with Crippen LogP contribution in [0.2, 0.25) is 0 Å². The summed E-state index contributed by atoms with van der Waals surface area (Å²) in [5.41, 5.74) is 1.38. The Bertz CT molecular complexity index is 676. The third-order valence-electron chi connectivity index (χ3n) is 5.27. The smallest absolute Gasteiger partial charge is 0.267 e. The minimum atomic E-state index is 0.101. The lowest BCUT2D eigenvalue weighted by atomic mass is 9.83. The first-order valence-electron chi connectivity index (χ1n) is 8.66. The molecular weight excluding hydrogens is 320 g/mol. The van der Waals surface area contributed by atoms with E-state index in [2.05, 4.69) is 44.8 Å². The molecule has 1 aromatic heterocycles. The van der Waals surface area contributed by atoms with Crippen molar-refractivity contribution in [2.75, 3.05) is 19.6 Å². The van der Waals surface area contributed by atoms with Crippen molar-refractivity contribution in [2.45, 2.75) is 31.8 Å². The largest absolute Gasteiger partial charge is 0.337 e. The standard InChI is InChI=1S/C18H22N4OS/c23-18(17-11-19-20-24-17)22-10-8-16-15(13-22)7-4-9-21(16)12-14-5-2-1-3-6-14/h1-3,5-6,11,15-16H,4,7-10,12-13H2/t15-,16-/m1/s1. The number of fused-ring (bicyclic) bond motifs is 1. The molecular formula is C18H22N4OS. The number of benzene rings is 1. The normalized spacial score (nSPS) is 24.6. The summed E-state index contributed by atoms with van der Waals surface area (Å²) in [4.78, 5) is 17.8. The molecule has 1 aromatic carbocycles. The summed E-state index contributed by atoms with van der Waals surface area (Å²) in [6.07, 6.45) is 5.09. The highest BCUT2D eigenvalue weighted by atomic mass is 32.1. The molecule has 0 bridgehead atoms. The molecule has 2 aromatic rings. The third-order valence-corrected chi connectivity index (χ3v) is 5.92.